The molecule has 0 amide bonds. The number of hydrogen-bond donors (Lipinski definition) is 1. The normalized spacial score (nSPS) is 34.6. The lowest BCUT2D eigenvalue weighted by atomic mass is 10.0. The van der Waals surface area contributed by atoms with Gasteiger partial charge in [0.05, 0.1) is 0 Å². The number of nitrogens with zero attached hydrogens (tertiary/aromatic N) is 1. The number of allylic oxidation sites excluding steroid dienone is 2. The third-order valence-corrected chi connectivity index (χ3v) is 4.26. The van der Waals surface area contributed by atoms with Gasteiger partial charge in [0.25, 0.3) is 0 Å². The lowest BCUT2D eigenvalue weighted by Gasteiger charge is -2.25. The van der Waals surface area contributed by atoms with Gasteiger partial charge in [-0.1, -0.05) is 13.0 Å². The Kier molecular flexibility index (Phi) is 4.57. The van der Waals surface area contributed by atoms with Gasteiger partial charge < -0.3 is 5.32 Å². The SMILES string of the molecule is CC/C=C1/CCC(N2CCC(NC)C2)/C1=C(/C)F. The van der Waals surface area contributed by atoms with Crippen molar-refractivity contribution in [1.29, 1.82) is 0 Å². The van der Waals surface area contributed by atoms with Gasteiger partial charge in [0.1, 0.15) is 5.83 Å². The van der Waals surface area contributed by atoms with Crippen LogP contribution in [0.1, 0.15) is 39.5 Å². The fraction of sp³-hybridized carbons (Fsp3) is 0.733. The molecule has 0 radical (unpaired) electrons. The summed E-state index contributed by atoms with van der Waals surface area (Å²) in [5.74, 6) is 0.0186. The van der Waals surface area contributed by atoms with Crippen molar-refractivity contribution in [3.63, 3.8) is 0 Å². The Morgan fingerprint density at radius 1 is 1.50 bits per heavy atom. The Hall–Kier alpha value is -0.670. The molecule has 2 rings (SSSR count). The topological polar surface area (TPSA) is 15.3 Å². The highest BCUT2D eigenvalue weighted by atomic mass is 19.1. The van der Waals surface area contributed by atoms with Crippen LogP contribution in [0.2, 0.25) is 0 Å². The molecule has 2 aliphatic rings. The highest BCUT2D eigenvalue weighted by Crippen LogP contribution is 2.38. The second kappa shape index (κ2) is 5.98. The zero-order valence-corrected chi connectivity index (χ0v) is 11.8. The van der Waals surface area contributed by atoms with E-state index >= 15 is 0 Å². The first kappa shape index (κ1) is 13.8. The van der Waals surface area contributed by atoms with Crippen LogP contribution in [0.3, 0.4) is 0 Å². The fourth-order valence-corrected chi connectivity index (χ4v) is 3.37. The van der Waals surface area contributed by atoms with E-state index in [-0.39, 0.29) is 5.83 Å². The van der Waals surface area contributed by atoms with Crippen LogP contribution in [-0.4, -0.2) is 37.1 Å². The van der Waals surface area contributed by atoms with Crippen molar-refractivity contribution in [2.24, 2.45) is 0 Å². The first-order valence-corrected chi connectivity index (χ1v) is 7.14. The summed E-state index contributed by atoms with van der Waals surface area (Å²) in [6.07, 6.45) is 6.50. The van der Waals surface area contributed by atoms with Gasteiger partial charge in [-0.05, 0) is 45.2 Å². The average molecular weight is 252 g/mol. The minimum absolute atomic E-state index is 0.0186. The van der Waals surface area contributed by atoms with Gasteiger partial charge in [-0.25, -0.2) is 4.39 Å². The van der Waals surface area contributed by atoms with Crippen LogP contribution in [0.15, 0.2) is 23.0 Å². The monoisotopic (exact) mass is 252 g/mol. The van der Waals surface area contributed by atoms with Crippen LogP contribution < -0.4 is 5.32 Å². The van der Waals surface area contributed by atoms with Crippen LogP contribution in [0.5, 0.6) is 0 Å². The molecule has 2 unspecified atom stereocenters. The van der Waals surface area contributed by atoms with E-state index in [9.17, 15) is 4.39 Å². The lowest BCUT2D eigenvalue weighted by molar-refractivity contribution is 0.268. The smallest absolute Gasteiger partial charge is 0.102 e. The van der Waals surface area contributed by atoms with E-state index in [1.165, 1.54) is 12.0 Å². The summed E-state index contributed by atoms with van der Waals surface area (Å²) in [4.78, 5) is 2.45. The van der Waals surface area contributed by atoms with Gasteiger partial charge in [-0.3, -0.25) is 4.90 Å². The van der Waals surface area contributed by atoms with Crippen molar-refractivity contribution < 1.29 is 4.39 Å². The zero-order chi connectivity index (χ0) is 13.1. The van der Waals surface area contributed by atoms with Crippen LogP contribution in [-0.2, 0) is 0 Å². The van der Waals surface area contributed by atoms with E-state index in [4.69, 9.17) is 0 Å². The number of halogens is 1. The zero-order valence-electron chi connectivity index (χ0n) is 11.8. The molecular formula is C15H25FN2. The van der Waals surface area contributed by atoms with Crippen molar-refractivity contribution >= 4 is 0 Å². The first-order valence-electron chi connectivity index (χ1n) is 7.14. The van der Waals surface area contributed by atoms with Gasteiger partial charge in [-0.15, -0.1) is 0 Å². The van der Waals surface area contributed by atoms with Crippen LogP contribution >= 0.6 is 0 Å². The number of likely N-dealkylation sites (N-methyl/N-ethyl adjacent to an activating group) is 1. The van der Waals surface area contributed by atoms with Crippen molar-refractivity contribution in [3.8, 4) is 0 Å². The van der Waals surface area contributed by atoms with Gasteiger partial charge >= 0.3 is 0 Å². The summed E-state index contributed by atoms with van der Waals surface area (Å²) in [7, 11) is 2.02. The summed E-state index contributed by atoms with van der Waals surface area (Å²) in [6.45, 7) is 5.88. The van der Waals surface area contributed by atoms with Crippen molar-refractivity contribution in [3.05, 3.63) is 23.0 Å². The molecule has 0 bridgehead atoms. The summed E-state index contributed by atoms with van der Waals surface area (Å²) >= 11 is 0. The van der Waals surface area contributed by atoms with Crippen molar-refractivity contribution in [2.75, 3.05) is 20.1 Å². The molecule has 1 N–H and O–H groups in total. The molecule has 3 heteroatoms. The van der Waals surface area contributed by atoms with E-state index in [0.29, 0.717) is 12.1 Å². The third kappa shape index (κ3) is 2.67. The molecular weight excluding hydrogens is 227 g/mol. The van der Waals surface area contributed by atoms with Crippen LogP contribution in [0.25, 0.3) is 0 Å². The van der Waals surface area contributed by atoms with E-state index in [1.807, 2.05) is 7.05 Å². The molecule has 0 aromatic carbocycles. The van der Waals surface area contributed by atoms with Gasteiger partial charge in [-0.2, -0.15) is 0 Å². The standard InChI is InChI=1S/C15H25FN2/c1-4-5-12-6-7-14(15(12)11(2)16)18-9-8-13(10-18)17-3/h5,13-14,17H,4,6-10H2,1-3H3/b12-5-,15-11-. The lowest BCUT2D eigenvalue weighted by Crippen LogP contribution is -2.36. The van der Waals surface area contributed by atoms with Gasteiger partial charge in [0, 0.05) is 30.7 Å². The molecule has 18 heavy (non-hydrogen) atoms. The number of nitrogens with one attached hydrogen (secondary N) is 1. The summed E-state index contributed by atoms with van der Waals surface area (Å²) in [6, 6.07) is 0.886. The average Bonchev–Trinajstić information content (AvgIpc) is 2.94. The molecule has 2 atom stereocenters. The molecule has 0 aromatic heterocycles. The van der Waals surface area contributed by atoms with E-state index in [2.05, 4.69) is 23.2 Å². The predicted molar refractivity (Wildman–Crippen MR) is 74.2 cm³/mol. The second-order valence-electron chi connectivity index (χ2n) is 5.41. The van der Waals surface area contributed by atoms with Gasteiger partial charge in [0.2, 0.25) is 0 Å². The Labute approximate surface area is 110 Å². The molecule has 1 heterocycles. The maximum atomic E-state index is 13.9. The highest BCUT2D eigenvalue weighted by Gasteiger charge is 2.35. The Morgan fingerprint density at radius 2 is 2.28 bits per heavy atom. The molecule has 1 saturated carbocycles. The molecule has 0 aromatic rings. The second-order valence-corrected chi connectivity index (χ2v) is 5.41. The molecule has 1 aliphatic carbocycles. The summed E-state index contributed by atoms with van der Waals surface area (Å²) < 4.78 is 13.9. The molecule has 1 saturated heterocycles. The van der Waals surface area contributed by atoms with Crippen LogP contribution in [0.4, 0.5) is 4.39 Å². The predicted octanol–water partition coefficient (Wildman–Crippen LogP) is 3.02. The number of rotatable bonds is 3. The Bertz CT molecular complexity index is 356. The third-order valence-electron chi connectivity index (χ3n) is 4.26. The molecule has 1 aliphatic heterocycles. The largest absolute Gasteiger partial charge is 0.316 e. The summed E-state index contributed by atoms with van der Waals surface area (Å²) in [5, 5.41) is 3.33. The van der Waals surface area contributed by atoms with E-state index in [1.54, 1.807) is 6.92 Å². The Balaban J connectivity index is 2.15. The fourth-order valence-electron chi connectivity index (χ4n) is 3.37. The quantitative estimate of drug-likeness (QED) is 0.830. The number of hydrogen-bond acceptors (Lipinski definition) is 2. The minimum Gasteiger partial charge on any atom is -0.316 e. The maximum absolute atomic E-state index is 13.9. The minimum atomic E-state index is 0.0186. The Morgan fingerprint density at radius 3 is 2.83 bits per heavy atom. The first-order chi connectivity index (χ1) is 8.67. The molecule has 0 spiro atoms. The van der Waals surface area contributed by atoms with Crippen molar-refractivity contribution in [1.82, 2.24) is 10.2 Å². The van der Waals surface area contributed by atoms with Gasteiger partial charge in [0.15, 0.2) is 0 Å². The van der Waals surface area contributed by atoms with Crippen molar-refractivity contribution in [2.45, 2.75) is 51.6 Å². The maximum Gasteiger partial charge on any atom is 0.102 e. The highest BCUT2D eigenvalue weighted by molar-refractivity contribution is 5.41. The molecule has 102 valence electrons. The van der Waals surface area contributed by atoms with E-state index < -0.39 is 0 Å². The van der Waals surface area contributed by atoms with Crippen LogP contribution in [0, 0.1) is 0 Å². The van der Waals surface area contributed by atoms with E-state index in [0.717, 1.165) is 37.9 Å². The molecule has 2 nitrogen and oxygen atoms in total. The molecule has 2 fully saturated rings. The summed E-state index contributed by atoms with van der Waals surface area (Å²) in [5.41, 5.74) is 2.23. The number of likely N-dealkylation sites (tertiary alicyclic amines) is 1.